The summed E-state index contributed by atoms with van der Waals surface area (Å²) in [5.74, 6) is 1.76. The fourth-order valence-corrected chi connectivity index (χ4v) is 4.37. The summed E-state index contributed by atoms with van der Waals surface area (Å²) in [5.41, 5.74) is 1.54. The van der Waals surface area contributed by atoms with Crippen molar-refractivity contribution in [1.29, 1.82) is 0 Å². The zero-order valence-electron chi connectivity index (χ0n) is 15.8. The summed E-state index contributed by atoms with van der Waals surface area (Å²) in [6, 6.07) is 8.98. The van der Waals surface area contributed by atoms with Crippen molar-refractivity contribution in [2.45, 2.75) is 6.42 Å². The van der Waals surface area contributed by atoms with Crippen LogP contribution in [0.3, 0.4) is 0 Å². The molecular formula is C19H19N5O3S2. The van der Waals surface area contributed by atoms with E-state index in [1.54, 1.807) is 36.6 Å². The van der Waals surface area contributed by atoms with Crippen LogP contribution in [-0.2, 0) is 6.42 Å². The van der Waals surface area contributed by atoms with Gasteiger partial charge in [0.05, 0.1) is 30.5 Å². The molecule has 1 aromatic carbocycles. The summed E-state index contributed by atoms with van der Waals surface area (Å²) >= 11 is 3.15. The summed E-state index contributed by atoms with van der Waals surface area (Å²) in [4.78, 5) is 18.7. The third-order valence-corrected chi connectivity index (χ3v) is 5.94. The molecule has 3 heterocycles. The Bertz CT molecular complexity index is 1120. The number of nitrogens with one attached hydrogen (secondary N) is 2. The molecule has 29 heavy (non-hydrogen) atoms. The van der Waals surface area contributed by atoms with E-state index >= 15 is 0 Å². The lowest BCUT2D eigenvalue weighted by molar-refractivity contribution is 0.252. The van der Waals surface area contributed by atoms with E-state index in [4.69, 9.17) is 9.47 Å². The average molecular weight is 430 g/mol. The second-order valence-electron chi connectivity index (χ2n) is 6.01. The summed E-state index contributed by atoms with van der Waals surface area (Å²) in [6.07, 6.45) is 0.635. The van der Waals surface area contributed by atoms with Gasteiger partial charge in [0.25, 0.3) is 0 Å². The number of carbonyl (C=O) groups is 1. The predicted octanol–water partition coefficient (Wildman–Crippen LogP) is 3.90. The van der Waals surface area contributed by atoms with Crippen LogP contribution in [0.2, 0.25) is 0 Å². The van der Waals surface area contributed by atoms with Gasteiger partial charge in [-0.3, -0.25) is 0 Å². The average Bonchev–Trinajstić information content (AvgIpc) is 3.45. The van der Waals surface area contributed by atoms with E-state index in [1.807, 2.05) is 27.4 Å². The van der Waals surface area contributed by atoms with E-state index in [2.05, 4.69) is 20.7 Å². The predicted molar refractivity (Wildman–Crippen MR) is 114 cm³/mol. The molecule has 0 saturated carbocycles. The Balaban J connectivity index is 1.37. The van der Waals surface area contributed by atoms with Gasteiger partial charge in [-0.2, -0.15) is 4.98 Å². The summed E-state index contributed by atoms with van der Waals surface area (Å²) in [6.45, 7) is 0.456. The Morgan fingerprint density at radius 3 is 2.83 bits per heavy atom. The van der Waals surface area contributed by atoms with Crippen LogP contribution < -0.4 is 20.1 Å². The number of amides is 2. The van der Waals surface area contributed by atoms with Crippen LogP contribution in [-0.4, -0.2) is 41.4 Å². The number of anilines is 1. The van der Waals surface area contributed by atoms with Gasteiger partial charge in [-0.1, -0.05) is 12.1 Å². The Labute approximate surface area is 175 Å². The molecule has 0 saturated heterocycles. The highest BCUT2D eigenvalue weighted by Gasteiger charge is 2.14. The molecule has 4 rings (SSSR count). The Morgan fingerprint density at radius 2 is 2.07 bits per heavy atom. The van der Waals surface area contributed by atoms with E-state index in [-0.39, 0.29) is 6.03 Å². The maximum atomic E-state index is 12.3. The van der Waals surface area contributed by atoms with Crippen molar-refractivity contribution < 1.29 is 14.3 Å². The Kier molecular flexibility index (Phi) is 5.63. The van der Waals surface area contributed by atoms with Gasteiger partial charge < -0.3 is 20.1 Å². The number of para-hydroxylation sites is 1. The number of benzene rings is 1. The fourth-order valence-electron chi connectivity index (χ4n) is 2.86. The topological polar surface area (TPSA) is 89.8 Å². The molecule has 0 atom stereocenters. The number of nitrogens with zero attached hydrogens (tertiary/aromatic N) is 3. The van der Waals surface area contributed by atoms with Gasteiger partial charge in [-0.05, 0) is 23.6 Å². The van der Waals surface area contributed by atoms with Crippen LogP contribution in [0.15, 0.2) is 41.1 Å². The molecule has 0 spiro atoms. The zero-order chi connectivity index (χ0) is 20.2. The van der Waals surface area contributed by atoms with Crippen molar-refractivity contribution in [1.82, 2.24) is 19.9 Å². The number of fused-ring (bicyclic) bond motifs is 1. The van der Waals surface area contributed by atoms with E-state index in [9.17, 15) is 4.79 Å². The first-order chi connectivity index (χ1) is 14.2. The first-order valence-electron chi connectivity index (χ1n) is 8.82. The highest BCUT2D eigenvalue weighted by molar-refractivity contribution is 7.15. The van der Waals surface area contributed by atoms with E-state index < -0.39 is 0 Å². The molecule has 0 aliphatic rings. The number of hydrogen-bond donors (Lipinski definition) is 2. The third-order valence-electron chi connectivity index (χ3n) is 4.21. The van der Waals surface area contributed by atoms with Crippen molar-refractivity contribution >= 4 is 39.4 Å². The number of thiazole rings is 1. The SMILES string of the molecule is COc1cccc(NC(=O)NCCc2csc3nc(-c4cccs4)nn23)c1OC. The molecular weight excluding hydrogens is 410 g/mol. The number of ether oxygens (including phenoxy) is 2. The van der Waals surface area contributed by atoms with E-state index in [0.717, 1.165) is 21.4 Å². The minimum absolute atomic E-state index is 0.319. The molecule has 8 nitrogen and oxygen atoms in total. The maximum absolute atomic E-state index is 12.3. The zero-order valence-corrected chi connectivity index (χ0v) is 17.5. The van der Waals surface area contributed by atoms with Crippen LogP contribution in [0.1, 0.15) is 5.69 Å². The normalized spacial score (nSPS) is 10.8. The van der Waals surface area contributed by atoms with Gasteiger partial charge >= 0.3 is 6.03 Å². The lowest BCUT2D eigenvalue weighted by atomic mass is 10.2. The minimum atomic E-state index is -0.319. The van der Waals surface area contributed by atoms with Crippen molar-refractivity contribution in [3.05, 3.63) is 46.8 Å². The van der Waals surface area contributed by atoms with Crippen LogP contribution in [0.5, 0.6) is 11.5 Å². The highest BCUT2D eigenvalue weighted by atomic mass is 32.1. The van der Waals surface area contributed by atoms with E-state index in [1.165, 1.54) is 18.4 Å². The van der Waals surface area contributed by atoms with Crippen molar-refractivity contribution in [2.75, 3.05) is 26.1 Å². The molecule has 0 bridgehead atoms. The first-order valence-corrected chi connectivity index (χ1v) is 10.6. The molecule has 0 radical (unpaired) electrons. The lowest BCUT2D eigenvalue weighted by Gasteiger charge is -2.13. The number of urea groups is 1. The molecule has 3 aromatic heterocycles. The largest absolute Gasteiger partial charge is 0.493 e. The molecule has 0 fully saturated rings. The number of hydrogen-bond acceptors (Lipinski definition) is 7. The van der Waals surface area contributed by atoms with E-state index in [0.29, 0.717) is 30.2 Å². The number of aromatic nitrogens is 3. The number of carbonyl (C=O) groups excluding carboxylic acids is 1. The van der Waals surface area contributed by atoms with Crippen LogP contribution in [0.4, 0.5) is 10.5 Å². The molecule has 10 heteroatoms. The molecule has 2 amide bonds. The molecule has 150 valence electrons. The van der Waals surface area contributed by atoms with Crippen molar-refractivity contribution in [3.63, 3.8) is 0 Å². The van der Waals surface area contributed by atoms with Crippen molar-refractivity contribution in [2.24, 2.45) is 0 Å². The first kappa shape index (κ1) is 19.2. The monoisotopic (exact) mass is 429 g/mol. The number of rotatable bonds is 7. The lowest BCUT2D eigenvalue weighted by Crippen LogP contribution is -2.30. The highest BCUT2D eigenvalue weighted by Crippen LogP contribution is 2.34. The van der Waals surface area contributed by atoms with Crippen LogP contribution in [0, 0.1) is 0 Å². The Hall–Kier alpha value is -3.11. The van der Waals surface area contributed by atoms with Gasteiger partial charge in [0.1, 0.15) is 0 Å². The molecule has 4 aromatic rings. The van der Waals surface area contributed by atoms with Gasteiger partial charge in [0.2, 0.25) is 4.96 Å². The van der Waals surface area contributed by atoms with Crippen molar-refractivity contribution in [3.8, 4) is 22.2 Å². The summed E-state index contributed by atoms with van der Waals surface area (Å²) in [7, 11) is 3.09. The number of thiophene rings is 1. The van der Waals surface area contributed by atoms with Gasteiger partial charge in [0, 0.05) is 18.3 Å². The molecule has 2 N–H and O–H groups in total. The second kappa shape index (κ2) is 8.50. The molecule has 0 aliphatic heterocycles. The van der Waals surface area contributed by atoms with Gasteiger partial charge in [-0.15, -0.1) is 27.8 Å². The summed E-state index contributed by atoms with van der Waals surface area (Å²) < 4.78 is 12.4. The number of methoxy groups -OCH3 is 2. The third kappa shape index (κ3) is 4.03. The Morgan fingerprint density at radius 1 is 1.17 bits per heavy atom. The maximum Gasteiger partial charge on any atom is 0.319 e. The van der Waals surface area contributed by atoms with Gasteiger partial charge in [-0.25, -0.2) is 9.31 Å². The smallest absolute Gasteiger partial charge is 0.319 e. The molecule has 0 aliphatic carbocycles. The van der Waals surface area contributed by atoms with Crippen LogP contribution >= 0.6 is 22.7 Å². The second-order valence-corrected chi connectivity index (χ2v) is 7.79. The fraction of sp³-hybridized carbons (Fsp3) is 0.211. The van der Waals surface area contributed by atoms with Crippen LogP contribution in [0.25, 0.3) is 15.7 Å². The summed E-state index contributed by atoms with van der Waals surface area (Å²) in [5, 5.41) is 14.3. The molecule has 0 unspecified atom stereocenters. The standard InChI is InChI=1S/C19H19N5O3S2/c1-26-14-6-3-5-13(16(14)27-2)21-18(25)20-9-8-12-11-29-19-22-17(23-24(12)19)15-7-4-10-28-15/h3-7,10-11H,8-9H2,1-2H3,(H2,20,21,25). The quantitative estimate of drug-likeness (QED) is 0.465. The van der Waals surface area contributed by atoms with Gasteiger partial charge in [0.15, 0.2) is 17.3 Å². The minimum Gasteiger partial charge on any atom is -0.493 e.